The Labute approximate surface area is 153 Å². The van der Waals surface area contributed by atoms with Crippen LogP contribution in [0.4, 0.5) is 24.5 Å². The number of rotatable bonds is 2. The summed E-state index contributed by atoms with van der Waals surface area (Å²) in [4.78, 5) is 2.04. The number of halogens is 3. The lowest BCUT2D eigenvalue weighted by atomic mass is 10.1. The second kappa shape index (κ2) is 6.02. The van der Waals surface area contributed by atoms with E-state index in [2.05, 4.69) is 0 Å². The fraction of sp³-hybridized carbons (Fsp3) is 0.143. The number of aryl methyl sites for hydroxylation is 1. The van der Waals surface area contributed by atoms with E-state index in [4.69, 9.17) is 0 Å². The van der Waals surface area contributed by atoms with Gasteiger partial charge in [-0.1, -0.05) is 42.5 Å². The Kier molecular flexibility index (Phi) is 3.92. The summed E-state index contributed by atoms with van der Waals surface area (Å²) in [5.74, 6) is 0. The molecule has 0 aliphatic rings. The zero-order chi connectivity index (χ0) is 18.5. The first-order valence-corrected chi connectivity index (χ1v) is 9.00. The van der Waals surface area contributed by atoms with Gasteiger partial charge in [-0.15, -0.1) is 11.3 Å². The van der Waals surface area contributed by atoms with Gasteiger partial charge in [0.05, 0.1) is 16.0 Å². The highest BCUT2D eigenvalue weighted by atomic mass is 32.1. The van der Waals surface area contributed by atoms with E-state index in [1.165, 1.54) is 17.4 Å². The number of nitrogens with zero attached hydrogens (tertiary/aromatic N) is 1. The van der Waals surface area contributed by atoms with Crippen LogP contribution in [0.2, 0.25) is 0 Å². The fourth-order valence-electron chi connectivity index (χ4n) is 3.36. The topological polar surface area (TPSA) is 3.24 Å². The molecule has 3 aromatic carbocycles. The van der Waals surface area contributed by atoms with Crippen molar-refractivity contribution in [2.45, 2.75) is 13.1 Å². The molecule has 0 aliphatic carbocycles. The standard InChI is InChI=1S/C21H16F3NS/c1-13-7-3-4-11-17(13)25(2)18-12-6-9-15-14-8-5-10-16(21(22,23)24)19(14)26-20(15)18/h3-12H,1-2H3. The maximum atomic E-state index is 13.4. The maximum Gasteiger partial charge on any atom is 0.417 e. The highest BCUT2D eigenvalue weighted by Gasteiger charge is 2.33. The summed E-state index contributed by atoms with van der Waals surface area (Å²) >= 11 is 1.21. The van der Waals surface area contributed by atoms with Crippen molar-refractivity contribution in [3.05, 3.63) is 71.8 Å². The van der Waals surface area contributed by atoms with Crippen molar-refractivity contribution in [2.24, 2.45) is 0 Å². The first-order valence-electron chi connectivity index (χ1n) is 8.19. The van der Waals surface area contributed by atoms with Crippen LogP contribution in [0.5, 0.6) is 0 Å². The molecular weight excluding hydrogens is 355 g/mol. The van der Waals surface area contributed by atoms with Gasteiger partial charge in [0.15, 0.2) is 0 Å². The van der Waals surface area contributed by atoms with Crippen molar-refractivity contribution in [3.8, 4) is 0 Å². The highest BCUT2D eigenvalue weighted by Crippen LogP contribution is 2.45. The Morgan fingerprint density at radius 2 is 1.38 bits per heavy atom. The van der Waals surface area contributed by atoms with E-state index < -0.39 is 11.7 Å². The zero-order valence-corrected chi connectivity index (χ0v) is 15.1. The molecule has 0 atom stereocenters. The molecule has 0 radical (unpaired) electrons. The van der Waals surface area contributed by atoms with Gasteiger partial charge in [0.1, 0.15) is 0 Å². The van der Waals surface area contributed by atoms with Gasteiger partial charge < -0.3 is 4.90 Å². The summed E-state index contributed by atoms with van der Waals surface area (Å²) in [5, 5.41) is 1.51. The molecule has 0 unspecified atom stereocenters. The first-order chi connectivity index (χ1) is 12.4. The summed E-state index contributed by atoms with van der Waals surface area (Å²) in [6.07, 6.45) is -4.36. The molecule has 4 rings (SSSR count). The summed E-state index contributed by atoms with van der Waals surface area (Å²) < 4.78 is 41.4. The Hall–Kier alpha value is -2.53. The molecular formula is C21H16F3NS. The molecule has 0 saturated heterocycles. The van der Waals surface area contributed by atoms with Crippen molar-refractivity contribution in [1.82, 2.24) is 0 Å². The number of alkyl halides is 3. The second-order valence-corrected chi connectivity index (χ2v) is 7.30. The van der Waals surface area contributed by atoms with Gasteiger partial charge in [-0.2, -0.15) is 13.2 Å². The van der Waals surface area contributed by atoms with E-state index >= 15 is 0 Å². The summed E-state index contributed by atoms with van der Waals surface area (Å²) in [7, 11) is 1.95. The Morgan fingerprint density at radius 1 is 0.769 bits per heavy atom. The number of fused-ring (bicyclic) bond motifs is 3. The quantitative estimate of drug-likeness (QED) is 0.362. The molecule has 0 N–H and O–H groups in total. The molecule has 0 bridgehead atoms. The van der Waals surface area contributed by atoms with Crippen LogP contribution in [0.25, 0.3) is 20.2 Å². The number of benzene rings is 3. The molecule has 0 amide bonds. The van der Waals surface area contributed by atoms with Crippen molar-refractivity contribution in [1.29, 1.82) is 0 Å². The molecule has 1 heterocycles. The highest BCUT2D eigenvalue weighted by molar-refractivity contribution is 7.26. The van der Waals surface area contributed by atoms with Crippen LogP contribution in [0.3, 0.4) is 0 Å². The van der Waals surface area contributed by atoms with Crippen molar-refractivity contribution >= 4 is 42.9 Å². The van der Waals surface area contributed by atoms with Gasteiger partial charge in [0.25, 0.3) is 0 Å². The zero-order valence-electron chi connectivity index (χ0n) is 14.3. The maximum absolute atomic E-state index is 13.4. The van der Waals surface area contributed by atoms with Crippen LogP contribution < -0.4 is 4.90 Å². The average molecular weight is 371 g/mol. The van der Waals surface area contributed by atoms with Gasteiger partial charge in [-0.05, 0) is 30.7 Å². The molecule has 1 nitrogen and oxygen atoms in total. The number of hydrogen-bond acceptors (Lipinski definition) is 2. The lowest BCUT2D eigenvalue weighted by Gasteiger charge is -2.22. The number of hydrogen-bond donors (Lipinski definition) is 0. The first kappa shape index (κ1) is 16.9. The van der Waals surface area contributed by atoms with Gasteiger partial charge in [-0.25, -0.2) is 0 Å². The predicted molar refractivity (Wildman–Crippen MR) is 104 cm³/mol. The van der Waals surface area contributed by atoms with Crippen LogP contribution in [0.15, 0.2) is 60.7 Å². The van der Waals surface area contributed by atoms with Crippen LogP contribution in [-0.4, -0.2) is 7.05 Å². The largest absolute Gasteiger partial charge is 0.417 e. The Morgan fingerprint density at radius 3 is 2.08 bits per heavy atom. The Bertz CT molecular complexity index is 1110. The minimum absolute atomic E-state index is 0.292. The normalized spacial score (nSPS) is 12.0. The van der Waals surface area contributed by atoms with Crippen molar-refractivity contribution in [3.63, 3.8) is 0 Å². The molecule has 0 fully saturated rings. The third kappa shape index (κ3) is 2.63. The van der Waals surface area contributed by atoms with Crippen molar-refractivity contribution < 1.29 is 13.2 Å². The van der Waals surface area contributed by atoms with E-state index in [1.54, 1.807) is 6.07 Å². The lowest BCUT2D eigenvalue weighted by molar-refractivity contribution is -0.136. The number of thiophene rings is 1. The summed E-state index contributed by atoms with van der Waals surface area (Å²) in [5.41, 5.74) is 2.49. The Balaban J connectivity index is 1.99. The third-order valence-corrected chi connectivity index (χ3v) is 5.92. The summed E-state index contributed by atoms with van der Waals surface area (Å²) in [6.45, 7) is 2.03. The van der Waals surface area contributed by atoms with Crippen LogP contribution in [0, 0.1) is 6.92 Å². The monoisotopic (exact) mass is 371 g/mol. The predicted octanol–water partition coefficient (Wildman–Crippen LogP) is 7.15. The third-order valence-electron chi connectivity index (χ3n) is 4.65. The van der Waals surface area contributed by atoms with E-state index in [1.807, 2.05) is 61.3 Å². The van der Waals surface area contributed by atoms with Crippen LogP contribution in [0.1, 0.15) is 11.1 Å². The molecule has 0 spiro atoms. The fourth-order valence-corrected chi connectivity index (χ4v) is 4.75. The smallest absolute Gasteiger partial charge is 0.343 e. The molecule has 4 aromatic rings. The lowest BCUT2D eigenvalue weighted by Crippen LogP contribution is -2.10. The SMILES string of the molecule is Cc1ccccc1N(C)c1cccc2c1sc1c(C(F)(F)F)cccc12. The minimum Gasteiger partial charge on any atom is -0.343 e. The second-order valence-electron chi connectivity index (χ2n) is 6.28. The molecule has 1 aromatic heterocycles. The minimum atomic E-state index is -4.36. The average Bonchev–Trinajstić information content (AvgIpc) is 2.99. The van der Waals surface area contributed by atoms with Crippen LogP contribution in [-0.2, 0) is 6.18 Å². The van der Waals surface area contributed by atoms with Crippen LogP contribution >= 0.6 is 11.3 Å². The number of para-hydroxylation sites is 1. The molecule has 0 aliphatic heterocycles. The molecule has 26 heavy (non-hydrogen) atoms. The van der Waals surface area contributed by atoms with E-state index in [-0.39, 0.29) is 0 Å². The van der Waals surface area contributed by atoms with Gasteiger partial charge in [0, 0.05) is 28.2 Å². The van der Waals surface area contributed by atoms with E-state index in [0.717, 1.165) is 33.1 Å². The van der Waals surface area contributed by atoms with E-state index in [0.29, 0.717) is 10.1 Å². The van der Waals surface area contributed by atoms with Crippen molar-refractivity contribution in [2.75, 3.05) is 11.9 Å². The molecule has 0 saturated carbocycles. The van der Waals surface area contributed by atoms with E-state index in [9.17, 15) is 13.2 Å². The summed E-state index contributed by atoms with van der Waals surface area (Å²) in [6, 6.07) is 18.1. The molecule has 132 valence electrons. The van der Waals surface area contributed by atoms with Gasteiger partial charge >= 0.3 is 6.18 Å². The van der Waals surface area contributed by atoms with Gasteiger partial charge in [-0.3, -0.25) is 0 Å². The number of anilines is 2. The molecule has 5 heteroatoms. The van der Waals surface area contributed by atoms with Gasteiger partial charge in [0.2, 0.25) is 0 Å².